The van der Waals surface area contributed by atoms with Crippen LogP contribution in [0.15, 0.2) is 18.2 Å². The summed E-state index contributed by atoms with van der Waals surface area (Å²) in [5.41, 5.74) is 1.75. The monoisotopic (exact) mass is 222 g/mol. The SMILES string of the molecule is Cc1cccc([N+](=O)[O-])c1C1CNCCO1. The topological polar surface area (TPSA) is 64.4 Å². The van der Waals surface area contributed by atoms with Crippen molar-refractivity contribution in [2.45, 2.75) is 13.0 Å². The quantitative estimate of drug-likeness (QED) is 0.609. The molecule has 0 aromatic heterocycles. The van der Waals surface area contributed by atoms with Gasteiger partial charge in [0.2, 0.25) is 0 Å². The minimum absolute atomic E-state index is 0.147. The zero-order valence-corrected chi connectivity index (χ0v) is 9.10. The average molecular weight is 222 g/mol. The lowest BCUT2D eigenvalue weighted by atomic mass is 10.0. The molecule has 1 aromatic rings. The molecule has 0 saturated carbocycles. The van der Waals surface area contributed by atoms with Gasteiger partial charge < -0.3 is 10.1 Å². The lowest BCUT2D eigenvalue weighted by Crippen LogP contribution is -2.34. The number of nitrogens with one attached hydrogen (secondary N) is 1. The van der Waals surface area contributed by atoms with Crippen molar-refractivity contribution < 1.29 is 9.66 Å². The van der Waals surface area contributed by atoms with Crippen molar-refractivity contribution in [3.8, 4) is 0 Å². The zero-order valence-electron chi connectivity index (χ0n) is 9.10. The van der Waals surface area contributed by atoms with Crippen LogP contribution in [0.3, 0.4) is 0 Å². The highest BCUT2D eigenvalue weighted by Crippen LogP contribution is 2.30. The number of hydrogen-bond donors (Lipinski definition) is 1. The summed E-state index contributed by atoms with van der Waals surface area (Å²) in [6.45, 7) is 3.90. The molecule has 1 atom stereocenters. The lowest BCUT2D eigenvalue weighted by molar-refractivity contribution is -0.386. The minimum atomic E-state index is -0.347. The van der Waals surface area contributed by atoms with Gasteiger partial charge in [0.05, 0.1) is 17.1 Å². The number of rotatable bonds is 2. The molecule has 0 radical (unpaired) electrons. The summed E-state index contributed by atoms with van der Waals surface area (Å²) in [6.07, 6.45) is -0.213. The molecule has 1 aromatic carbocycles. The van der Waals surface area contributed by atoms with Crippen LogP contribution in [-0.2, 0) is 4.74 Å². The first kappa shape index (κ1) is 11.0. The van der Waals surface area contributed by atoms with E-state index in [4.69, 9.17) is 4.74 Å². The average Bonchev–Trinajstić information content (AvgIpc) is 2.29. The Balaban J connectivity index is 2.40. The van der Waals surface area contributed by atoms with Gasteiger partial charge in [-0.2, -0.15) is 0 Å². The molecule has 16 heavy (non-hydrogen) atoms. The van der Waals surface area contributed by atoms with Crippen molar-refractivity contribution in [2.24, 2.45) is 0 Å². The molecule has 1 N–H and O–H groups in total. The summed E-state index contributed by atoms with van der Waals surface area (Å²) < 4.78 is 5.57. The maximum atomic E-state index is 10.9. The Bertz CT molecular complexity index is 400. The van der Waals surface area contributed by atoms with Gasteiger partial charge in [-0.05, 0) is 12.5 Å². The second kappa shape index (κ2) is 4.59. The van der Waals surface area contributed by atoms with Gasteiger partial charge in [-0.3, -0.25) is 10.1 Å². The van der Waals surface area contributed by atoms with Gasteiger partial charge in [-0.1, -0.05) is 12.1 Å². The Morgan fingerprint density at radius 3 is 3.00 bits per heavy atom. The third kappa shape index (κ3) is 2.05. The smallest absolute Gasteiger partial charge is 0.275 e. The van der Waals surface area contributed by atoms with Crippen molar-refractivity contribution in [3.05, 3.63) is 39.4 Å². The summed E-state index contributed by atoms with van der Waals surface area (Å²) in [4.78, 5) is 10.6. The highest BCUT2D eigenvalue weighted by molar-refractivity contribution is 5.46. The minimum Gasteiger partial charge on any atom is -0.371 e. The van der Waals surface area contributed by atoms with Crippen LogP contribution < -0.4 is 5.32 Å². The molecule has 0 bridgehead atoms. The summed E-state index contributed by atoms with van der Waals surface area (Å²) in [5.74, 6) is 0. The third-order valence-electron chi connectivity index (χ3n) is 2.75. The van der Waals surface area contributed by atoms with Gasteiger partial charge in [-0.25, -0.2) is 0 Å². The fraction of sp³-hybridized carbons (Fsp3) is 0.455. The predicted molar refractivity (Wildman–Crippen MR) is 59.4 cm³/mol. The number of morpholine rings is 1. The number of nitro benzene ring substituents is 1. The molecule has 0 aliphatic carbocycles. The maximum Gasteiger partial charge on any atom is 0.275 e. The Kier molecular flexibility index (Phi) is 3.17. The number of nitrogens with zero attached hydrogens (tertiary/aromatic N) is 1. The fourth-order valence-electron chi connectivity index (χ4n) is 1.99. The van der Waals surface area contributed by atoms with E-state index in [1.807, 2.05) is 13.0 Å². The summed E-state index contributed by atoms with van der Waals surface area (Å²) >= 11 is 0. The number of benzene rings is 1. The van der Waals surface area contributed by atoms with E-state index in [9.17, 15) is 10.1 Å². The molecule has 86 valence electrons. The molecule has 5 heteroatoms. The van der Waals surface area contributed by atoms with E-state index < -0.39 is 0 Å². The van der Waals surface area contributed by atoms with Gasteiger partial charge in [0.25, 0.3) is 5.69 Å². The molecule has 1 fully saturated rings. The Labute approximate surface area is 93.6 Å². The normalized spacial score (nSPS) is 20.7. The van der Waals surface area contributed by atoms with E-state index in [0.29, 0.717) is 18.7 Å². The summed E-state index contributed by atoms with van der Waals surface area (Å²) in [6, 6.07) is 5.10. The third-order valence-corrected chi connectivity index (χ3v) is 2.75. The Morgan fingerprint density at radius 1 is 1.56 bits per heavy atom. The van der Waals surface area contributed by atoms with Crippen LogP contribution in [0.1, 0.15) is 17.2 Å². The molecule has 1 aliphatic rings. The summed E-state index contributed by atoms with van der Waals surface area (Å²) in [5, 5.41) is 14.1. The molecule has 5 nitrogen and oxygen atoms in total. The van der Waals surface area contributed by atoms with E-state index in [0.717, 1.165) is 12.1 Å². The standard InChI is InChI=1S/C11H14N2O3/c1-8-3-2-4-9(13(14)15)11(8)10-7-12-5-6-16-10/h2-4,10,12H,5-7H2,1H3. The van der Waals surface area contributed by atoms with Gasteiger partial charge in [-0.15, -0.1) is 0 Å². The van der Waals surface area contributed by atoms with E-state index in [1.54, 1.807) is 6.07 Å². The number of ether oxygens (including phenoxy) is 1. The molecule has 1 heterocycles. The van der Waals surface area contributed by atoms with Crippen molar-refractivity contribution in [1.29, 1.82) is 0 Å². The Morgan fingerprint density at radius 2 is 2.38 bits per heavy atom. The molecule has 0 amide bonds. The second-order valence-corrected chi connectivity index (χ2v) is 3.83. The number of hydrogen-bond acceptors (Lipinski definition) is 4. The first-order chi connectivity index (χ1) is 7.70. The molecule has 2 rings (SSSR count). The molecule has 1 unspecified atom stereocenters. The van der Waals surface area contributed by atoms with Gasteiger partial charge >= 0.3 is 0 Å². The van der Waals surface area contributed by atoms with E-state index >= 15 is 0 Å². The number of nitro groups is 1. The fourth-order valence-corrected chi connectivity index (χ4v) is 1.99. The highest BCUT2D eigenvalue weighted by atomic mass is 16.6. The van der Waals surface area contributed by atoms with Crippen LogP contribution in [0.2, 0.25) is 0 Å². The predicted octanol–water partition coefficient (Wildman–Crippen LogP) is 1.56. The maximum absolute atomic E-state index is 10.9. The van der Waals surface area contributed by atoms with Gasteiger partial charge in [0, 0.05) is 19.2 Å². The first-order valence-electron chi connectivity index (χ1n) is 5.26. The largest absolute Gasteiger partial charge is 0.371 e. The van der Waals surface area contributed by atoms with Crippen molar-refractivity contribution in [1.82, 2.24) is 5.32 Å². The molecular formula is C11H14N2O3. The Hall–Kier alpha value is -1.46. The molecule has 0 spiro atoms. The van der Waals surface area contributed by atoms with Crippen LogP contribution >= 0.6 is 0 Å². The van der Waals surface area contributed by atoms with Gasteiger partial charge in [0.1, 0.15) is 6.10 Å². The van der Waals surface area contributed by atoms with Crippen LogP contribution in [0.4, 0.5) is 5.69 Å². The molecular weight excluding hydrogens is 208 g/mol. The van der Waals surface area contributed by atoms with Crippen molar-refractivity contribution in [3.63, 3.8) is 0 Å². The number of aryl methyl sites for hydroxylation is 1. The first-order valence-corrected chi connectivity index (χ1v) is 5.26. The van der Waals surface area contributed by atoms with Crippen LogP contribution in [0.25, 0.3) is 0 Å². The van der Waals surface area contributed by atoms with E-state index in [1.165, 1.54) is 6.07 Å². The van der Waals surface area contributed by atoms with Crippen LogP contribution in [0, 0.1) is 17.0 Å². The zero-order chi connectivity index (χ0) is 11.5. The van der Waals surface area contributed by atoms with Crippen LogP contribution in [-0.4, -0.2) is 24.6 Å². The lowest BCUT2D eigenvalue weighted by Gasteiger charge is -2.24. The van der Waals surface area contributed by atoms with Gasteiger partial charge in [0.15, 0.2) is 0 Å². The molecule has 1 aliphatic heterocycles. The summed E-state index contributed by atoms with van der Waals surface area (Å²) in [7, 11) is 0. The van der Waals surface area contributed by atoms with Crippen molar-refractivity contribution >= 4 is 5.69 Å². The second-order valence-electron chi connectivity index (χ2n) is 3.83. The highest BCUT2D eigenvalue weighted by Gasteiger charge is 2.25. The molecule has 1 saturated heterocycles. The van der Waals surface area contributed by atoms with Crippen LogP contribution in [0.5, 0.6) is 0 Å². The van der Waals surface area contributed by atoms with E-state index in [-0.39, 0.29) is 16.7 Å². The van der Waals surface area contributed by atoms with E-state index in [2.05, 4.69) is 5.32 Å². The van der Waals surface area contributed by atoms with Crippen molar-refractivity contribution in [2.75, 3.05) is 19.7 Å².